The van der Waals surface area contributed by atoms with Gasteiger partial charge in [0.05, 0.1) is 24.4 Å². The molecule has 6 rings (SSSR count). The summed E-state index contributed by atoms with van der Waals surface area (Å²) in [5.74, 6) is 1.99. The second-order valence-corrected chi connectivity index (χ2v) is 8.13. The maximum absolute atomic E-state index is 11.8. The lowest BCUT2D eigenvalue weighted by Gasteiger charge is -2.38. The van der Waals surface area contributed by atoms with Gasteiger partial charge in [0.15, 0.2) is 11.5 Å². The SMILES string of the molecule is COC(=O)c1ccc([C@H]2Oc3ccccc3[C@H]3CC(c4ccc5c(c4)OCCO5)=NN32)cc1. The van der Waals surface area contributed by atoms with Crippen LogP contribution in [0.25, 0.3) is 0 Å². The number of ether oxygens (including phenoxy) is 4. The van der Waals surface area contributed by atoms with Crippen molar-refractivity contribution in [2.75, 3.05) is 20.3 Å². The number of hydrogen-bond acceptors (Lipinski definition) is 7. The summed E-state index contributed by atoms with van der Waals surface area (Å²) >= 11 is 0. The highest BCUT2D eigenvalue weighted by Gasteiger charge is 2.41. The molecule has 3 aromatic rings. The predicted molar refractivity (Wildman–Crippen MR) is 121 cm³/mol. The van der Waals surface area contributed by atoms with Crippen LogP contribution in [0, 0.1) is 0 Å². The van der Waals surface area contributed by atoms with E-state index in [-0.39, 0.29) is 12.0 Å². The van der Waals surface area contributed by atoms with Crippen LogP contribution in [0.1, 0.15) is 45.7 Å². The smallest absolute Gasteiger partial charge is 0.337 e. The number of hydrazone groups is 1. The fraction of sp³-hybridized carbons (Fsp3) is 0.231. The summed E-state index contributed by atoms with van der Waals surface area (Å²) in [6, 6.07) is 21.4. The third kappa shape index (κ3) is 3.36. The molecular formula is C26H22N2O5. The lowest BCUT2D eigenvalue weighted by molar-refractivity contribution is -0.0190. The molecule has 0 bridgehead atoms. The van der Waals surface area contributed by atoms with Gasteiger partial charge in [-0.1, -0.05) is 30.3 Å². The average Bonchev–Trinajstić information content (AvgIpc) is 3.33. The largest absolute Gasteiger partial charge is 0.486 e. The van der Waals surface area contributed by atoms with Crippen LogP contribution in [-0.4, -0.2) is 37.0 Å². The number of para-hydroxylation sites is 1. The zero-order valence-electron chi connectivity index (χ0n) is 18.1. The van der Waals surface area contributed by atoms with Crippen LogP contribution in [-0.2, 0) is 4.74 Å². The molecule has 7 heteroatoms. The predicted octanol–water partition coefficient (Wildman–Crippen LogP) is 4.49. The number of benzene rings is 3. The van der Waals surface area contributed by atoms with Crippen molar-refractivity contribution < 1.29 is 23.7 Å². The molecular weight excluding hydrogens is 420 g/mol. The van der Waals surface area contributed by atoms with Crippen LogP contribution < -0.4 is 14.2 Å². The first kappa shape index (κ1) is 19.7. The minimum atomic E-state index is -0.411. The fourth-order valence-electron chi connectivity index (χ4n) is 4.55. The molecule has 2 atom stereocenters. The van der Waals surface area contributed by atoms with Gasteiger partial charge in [0, 0.05) is 23.1 Å². The van der Waals surface area contributed by atoms with Crippen molar-refractivity contribution in [3.8, 4) is 17.2 Å². The highest BCUT2D eigenvalue weighted by molar-refractivity contribution is 6.02. The Kier molecular flexibility index (Phi) is 4.68. The third-order valence-corrected chi connectivity index (χ3v) is 6.19. The van der Waals surface area contributed by atoms with Gasteiger partial charge in [-0.05, 0) is 36.4 Å². The molecule has 0 spiro atoms. The third-order valence-electron chi connectivity index (χ3n) is 6.19. The molecule has 0 unspecified atom stereocenters. The van der Waals surface area contributed by atoms with Crippen LogP contribution in [0.15, 0.2) is 71.8 Å². The summed E-state index contributed by atoms with van der Waals surface area (Å²) in [5, 5.41) is 7.01. The van der Waals surface area contributed by atoms with E-state index in [4.69, 9.17) is 24.0 Å². The Morgan fingerprint density at radius 3 is 2.58 bits per heavy atom. The number of carbonyl (C=O) groups excluding carboxylic acids is 1. The Bertz CT molecular complexity index is 1250. The Morgan fingerprint density at radius 1 is 0.970 bits per heavy atom. The molecule has 0 aliphatic carbocycles. The van der Waals surface area contributed by atoms with Gasteiger partial charge in [0.2, 0.25) is 6.23 Å². The van der Waals surface area contributed by atoms with E-state index in [1.807, 2.05) is 53.5 Å². The first-order valence-electron chi connectivity index (χ1n) is 10.9. The van der Waals surface area contributed by atoms with Gasteiger partial charge >= 0.3 is 5.97 Å². The Labute approximate surface area is 191 Å². The molecule has 33 heavy (non-hydrogen) atoms. The number of fused-ring (bicyclic) bond motifs is 4. The molecule has 166 valence electrons. The van der Waals surface area contributed by atoms with Gasteiger partial charge in [-0.25, -0.2) is 9.80 Å². The number of rotatable bonds is 3. The second-order valence-electron chi connectivity index (χ2n) is 8.13. The van der Waals surface area contributed by atoms with Gasteiger partial charge in [-0.2, -0.15) is 5.10 Å². The van der Waals surface area contributed by atoms with E-state index < -0.39 is 6.23 Å². The van der Waals surface area contributed by atoms with E-state index in [0.717, 1.165) is 46.1 Å². The van der Waals surface area contributed by atoms with Crippen molar-refractivity contribution in [3.63, 3.8) is 0 Å². The van der Waals surface area contributed by atoms with Crippen molar-refractivity contribution in [2.45, 2.75) is 18.7 Å². The van der Waals surface area contributed by atoms with E-state index in [1.54, 1.807) is 12.1 Å². The van der Waals surface area contributed by atoms with Gasteiger partial charge in [0.25, 0.3) is 0 Å². The molecule has 0 saturated carbocycles. The molecule has 3 heterocycles. The van der Waals surface area contributed by atoms with E-state index in [2.05, 4.69) is 6.07 Å². The highest BCUT2D eigenvalue weighted by atomic mass is 16.6. The van der Waals surface area contributed by atoms with E-state index in [9.17, 15) is 4.79 Å². The maximum atomic E-state index is 11.8. The summed E-state index contributed by atoms with van der Waals surface area (Å²) in [6.45, 7) is 1.11. The van der Waals surface area contributed by atoms with E-state index in [0.29, 0.717) is 18.8 Å². The molecule has 0 amide bonds. The number of nitrogens with zero attached hydrogens (tertiary/aromatic N) is 2. The first-order chi connectivity index (χ1) is 16.2. The first-order valence-corrected chi connectivity index (χ1v) is 10.9. The number of esters is 1. The van der Waals surface area contributed by atoms with Gasteiger partial charge in [-0.15, -0.1) is 0 Å². The maximum Gasteiger partial charge on any atom is 0.337 e. The Balaban J connectivity index is 1.38. The summed E-state index contributed by atoms with van der Waals surface area (Å²) < 4.78 is 22.6. The average molecular weight is 442 g/mol. The summed E-state index contributed by atoms with van der Waals surface area (Å²) in [7, 11) is 1.38. The molecule has 7 nitrogen and oxygen atoms in total. The van der Waals surface area contributed by atoms with Crippen molar-refractivity contribution in [1.29, 1.82) is 0 Å². The van der Waals surface area contributed by atoms with E-state index in [1.165, 1.54) is 7.11 Å². The van der Waals surface area contributed by atoms with Gasteiger partial charge < -0.3 is 18.9 Å². The van der Waals surface area contributed by atoms with Crippen molar-refractivity contribution in [1.82, 2.24) is 5.01 Å². The van der Waals surface area contributed by atoms with Crippen molar-refractivity contribution >= 4 is 11.7 Å². The molecule has 3 aromatic carbocycles. The summed E-state index contributed by atoms with van der Waals surface area (Å²) in [5.41, 5.74) is 4.49. The van der Waals surface area contributed by atoms with Crippen LogP contribution in [0.5, 0.6) is 17.2 Å². The van der Waals surface area contributed by atoms with Crippen LogP contribution >= 0.6 is 0 Å². The normalized spacial score (nSPS) is 20.3. The van der Waals surface area contributed by atoms with Crippen LogP contribution in [0.4, 0.5) is 0 Å². The molecule has 0 aromatic heterocycles. The summed E-state index contributed by atoms with van der Waals surface area (Å²) in [6.07, 6.45) is 0.336. The molecule has 3 aliphatic rings. The Hall–Kier alpha value is -4.00. The molecule has 0 saturated heterocycles. The fourth-order valence-corrected chi connectivity index (χ4v) is 4.55. The highest BCUT2D eigenvalue weighted by Crippen LogP contribution is 2.47. The zero-order chi connectivity index (χ0) is 22.4. The number of hydrogen-bond donors (Lipinski definition) is 0. The van der Waals surface area contributed by atoms with Crippen molar-refractivity contribution in [2.24, 2.45) is 5.10 Å². The molecule has 3 aliphatic heterocycles. The molecule has 0 fully saturated rings. The van der Waals surface area contributed by atoms with Crippen molar-refractivity contribution in [3.05, 3.63) is 89.0 Å². The topological polar surface area (TPSA) is 69.6 Å². The monoisotopic (exact) mass is 442 g/mol. The van der Waals surface area contributed by atoms with Gasteiger partial charge in [-0.3, -0.25) is 0 Å². The summed E-state index contributed by atoms with van der Waals surface area (Å²) in [4.78, 5) is 11.8. The van der Waals surface area contributed by atoms with Gasteiger partial charge in [0.1, 0.15) is 19.0 Å². The van der Waals surface area contributed by atoms with Crippen LogP contribution in [0.2, 0.25) is 0 Å². The van der Waals surface area contributed by atoms with E-state index >= 15 is 0 Å². The number of methoxy groups -OCH3 is 1. The minimum absolute atomic E-state index is 0.0448. The second kappa shape index (κ2) is 7.85. The zero-order valence-corrected chi connectivity index (χ0v) is 18.1. The molecule has 0 N–H and O–H groups in total. The minimum Gasteiger partial charge on any atom is -0.486 e. The lowest BCUT2D eigenvalue weighted by Crippen LogP contribution is -2.33. The van der Waals surface area contributed by atoms with Crippen LogP contribution in [0.3, 0.4) is 0 Å². The Morgan fingerprint density at radius 2 is 1.76 bits per heavy atom. The quantitative estimate of drug-likeness (QED) is 0.557. The standard InChI is InChI=1S/C26H22N2O5/c1-30-26(29)17-8-6-16(7-9-17)25-28-21(19-4-2-3-5-22(19)33-25)15-20(27-28)18-10-11-23-24(14-18)32-13-12-31-23/h2-11,14,21,25H,12-13,15H2,1H3/t21-,25-/m1/s1. The lowest BCUT2D eigenvalue weighted by atomic mass is 9.95. The number of carbonyl (C=O) groups is 1. The molecule has 0 radical (unpaired) electrons.